The Labute approximate surface area is 184 Å². The Morgan fingerprint density at radius 2 is 1.83 bits per heavy atom. The Morgan fingerprint density at radius 1 is 1.07 bits per heavy atom. The molecule has 1 amide bonds. The Balaban J connectivity index is 1.56. The van der Waals surface area contributed by atoms with E-state index in [0.29, 0.717) is 5.16 Å². The van der Waals surface area contributed by atoms with Crippen LogP contribution in [0.3, 0.4) is 0 Å². The van der Waals surface area contributed by atoms with Crippen LogP contribution >= 0.6 is 23.1 Å². The van der Waals surface area contributed by atoms with E-state index in [9.17, 15) is 4.79 Å². The van der Waals surface area contributed by atoms with E-state index in [0.717, 1.165) is 22.0 Å². The van der Waals surface area contributed by atoms with Gasteiger partial charge in [-0.05, 0) is 37.4 Å². The number of carbonyl (C=O) groups is 1. The first-order chi connectivity index (χ1) is 14.6. The van der Waals surface area contributed by atoms with Gasteiger partial charge in [0.2, 0.25) is 5.91 Å². The van der Waals surface area contributed by atoms with Crippen LogP contribution in [0.5, 0.6) is 0 Å². The van der Waals surface area contributed by atoms with Gasteiger partial charge in [-0.25, -0.2) is 0 Å². The molecule has 0 spiro atoms. The molecule has 0 bridgehead atoms. The summed E-state index contributed by atoms with van der Waals surface area (Å²) in [6.45, 7) is 4.06. The van der Waals surface area contributed by atoms with Gasteiger partial charge in [0.1, 0.15) is 0 Å². The summed E-state index contributed by atoms with van der Waals surface area (Å²) in [5.41, 5.74) is 3.14. The average molecular weight is 435 g/mol. The van der Waals surface area contributed by atoms with Crippen molar-refractivity contribution in [3.05, 3.63) is 82.6 Å². The number of benzene rings is 2. The molecule has 2 heterocycles. The zero-order chi connectivity index (χ0) is 20.9. The molecule has 1 atom stereocenters. The highest BCUT2D eigenvalue weighted by Gasteiger charge is 2.18. The summed E-state index contributed by atoms with van der Waals surface area (Å²) in [4.78, 5) is 13.6. The Bertz CT molecular complexity index is 1110. The van der Waals surface area contributed by atoms with E-state index in [1.54, 1.807) is 11.3 Å². The first kappa shape index (κ1) is 20.4. The van der Waals surface area contributed by atoms with Gasteiger partial charge in [-0.3, -0.25) is 9.36 Å². The van der Waals surface area contributed by atoms with E-state index < -0.39 is 0 Å². The molecule has 0 aliphatic rings. The molecule has 0 saturated carbocycles. The van der Waals surface area contributed by atoms with E-state index in [1.807, 2.05) is 71.5 Å². The third-order valence-corrected chi connectivity index (χ3v) is 6.62. The maximum atomic E-state index is 12.5. The summed E-state index contributed by atoms with van der Waals surface area (Å²) in [5.74, 6) is 1.00. The van der Waals surface area contributed by atoms with Crippen molar-refractivity contribution >= 4 is 29.0 Å². The predicted molar refractivity (Wildman–Crippen MR) is 123 cm³/mol. The van der Waals surface area contributed by atoms with E-state index in [4.69, 9.17) is 0 Å². The smallest absolute Gasteiger partial charge is 0.230 e. The van der Waals surface area contributed by atoms with E-state index in [1.165, 1.54) is 17.3 Å². The maximum absolute atomic E-state index is 12.5. The number of aromatic nitrogens is 3. The fourth-order valence-corrected chi connectivity index (χ4v) is 4.58. The Hall–Kier alpha value is -2.90. The van der Waals surface area contributed by atoms with Gasteiger partial charge in [-0.2, -0.15) is 0 Å². The number of aryl methyl sites for hydroxylation is 1. The van der Waals surface area contributed by atoms with Crippen LogP contribution in [0.2, 0.25) is 0 Å². The van der Waals surface area contributed by atoms with Gasteiger partial charge in [-0.1, -0.05) is 65.9 Å². The van der Waals surface area contributed by atoms with Crippen molar-refractivity contribution in [1.29, 1.82) is 0 Å². The largest absolute Gasteiger partial charge is 0.348 e. The van der Waals surface area contributed by atoms with Crippen LogP contribution in [-0.2, 0) is 4.79 Å². The minimum atomic E-state index is -0.0272. The molecular weight excluding hydrogens is 412 g/mol. The van der Waals surface area contributed by atoms with Gasteiger partial charge in [0.25, 0.3) is 0 Å². The predicted octanol–water partition coefficient (Wildman–Crippen LogP) is 5.27. The molecule has 7 heteroatoms. The number of nitrogens with zero attached hydrogens (tertiary/aromatic N) is 3. The number of amides is 1. The third-order valence-electron chi connectivity index (χ3n) is 4.64. The van der Waals surface area contributed by atoms with Crippen molar-refractivity contribution in [2.75, 3.05) is 5.75 Å². The lowest BCUT2D eigenvalue weighted by Crippen LogP contribution is -2.27. The molecule has 4 rings (SSSR count). The van der Waals surface area contributed by atoms with Gasteiger partial charge < -0.3 is 5.32 Å². The van der Waals surface area contributed by atoms with Crippen molar-refractivity contribution in [3.63, 3.8) is 0 Å². The number of rotatable bonds is 7. The third kappa shape index (κ3) is 4.63. The van der Waals surface area contributed by atoms with Crippen molar-refractivity contribution in [2.24, 2.45) is 0 Å². The standard InChI is InChI=1S/C23H22N4OS2/c1-16-10-12-19(13-11-16)27-22(18-7-4-3-5-8-18)25-26-23(27)30-15-21(28)24-17(2)20-9-6-14-29-20/h3-14,17H,15H2,1-2H3,(H,24,28). The van der Waals surface area contributed by atoms with Crippen LogP contribution in [0.15, 0.2) is 77.3 Å². The quantitative estimate of drug-likeness (QED) is 0.402. The van der Waals surface area contributed by atoms with Crippen LogP contribution in [0, 0.1) is 6.92 Å². The SMILES string of the molecule is Cc1ccc(-n2c(SCC(=O)NC(C)c3cccs3)nnc2-c2ccccc2)cc1. The summed E-state index contributed by atoms with van der Waals surface area (Å²) >= 11 is 3.03. The van der Waals surface area contributed by atoms with Crippen LogP contribution in [0.25, 0.3) is 17.1 Å². The van der Waals surface area contributed by atoms with E-state index >= 15 is 0 Å². The molecule has 4 aromatic rings. The second kappa shape index (κ2) is 9.28. The lowest BCUT2D eigenvalue weighted by atomic mass is 10.2. The molecule has 0 saturated heterocycles. The molecule has 0 fully saturated rings. The summed E-state index contributed by atoms with van der Waals surface area (Å²) in [5, 5.41) is 14.6. The minimum Gasteiger partial charge on any atom is -0.348 e. The highest BCUT2D eigenvalue weighted by atomic mass is 32.2. The molecule has 30 heavy (non-hydrogen) atoms. The van der Waals surface area contributed by atoms with Crippen LogP contribution in [-0.4, -0.2) is 26.4 Å². The Morgan fingerprint density at radius 3 is 2.53 bits per heavy atom. The van der Waals surface area contributed by atoms with Gasteiger partial charge in [-0.15, -0.1) is 21.5 Å². The summed E-state index contributed by atoms with van der Waals surface area (Å²) < 4.78 is 2.01. The second-order valence-corrected chi connectivity index (χ2v) is 8.86. The van der Waals surface area contributed by atoms with Gasteiger partial charge in [0.05, 0.1) is 11.8 Å². The van der Waals surface area contributed by atoms with Crippen molar-refractivity contribution in [1.82, 2.24) is 20.1 Å². The fourth-order valence-electron chi connectivity index (χ4n) is 3.09. The van der Waals surface area contributed by atoms with Gasteiger partial charge in [0, 0.05) is 16.1 Å². The highest BCUT2D eigenvalue weighted by molar-refractivity contribution is 7.99. The fraction of sp³-hybridized carbons (Fsp3) is 0.174. The second-order valence-electron chi connectivity index (χ2n) is 6.94. The molecule has 152 valence electrons. The Kier molecular flexibility index (Phi) is 6.30. The molecule has 1 unspecified atom stereocenters. The van der Waals surface area contributed by atoms with Crippen LogP contribution in [0.1, 0.15) is 23.4 Å². The number of carbonyl (C=O) groups excluding carboxylic acids is 1. The number of hydrogen-bond donors (Lipinski definition) is 1. The number of thiophene rings is 1. The molecule has 0 aliphatic heterocycles. The lowest BCUT2D eigenvalue weighted by molar-refractivity contribution is -0.119. The molecule has 1 N–H and O–H groups in total. The minimum absolute atomic E-state index is 0.00653. The normalized spacial score (nSPS) is 11.9. The summed E-state index contributed by atoms with van der Waals surface area (Å²) in [6, 6.07) is 22.2. The van der Waals surface area contributed by atoms with Gasteiger partial charge >= 0.3 is 0 Å². The molecule has 2 aromatic heterocycles. The molecule has 0 aliphatic carbocycles. The topological polar surface area (TPSA) is 59.8 Å². The highest BCUT2D eigenvalue weighted by Crippen LogP contribution is 2.28. The van der Waals surface area contributed by atoms with Crippen molar-refractivity contribution in [3.8, 4) is 17.1 Å². The molecule has 5 nitrogen and oxygen atoms in total. The monoisotopic (exact) mass is 434 g/mol. The van der Waals surface area contributed by atoms with Crippen molar-refractivity contribution < 1.29 is 4.79 Å². The molecular formula is C23H22N4OS2. The summed E-state index contributed by atoms with van der Waals surface area (Å²) in [6.07, 6.45) is 0. The van der Waals surface area contributed by atoms with Gasteiger partial charge in [0.15, 0.2) is 11.0 Å². The maximum Gasteiger partial charge on any atom is 0.230 e. The first-order valence-corrected chi connectivity index (χ1v) is 11.5. The summed E-state index contributed by atoms with van der Waals surface area (Å²) in [7, 11) is 0. The average Bonchev–Trinajstić information content (AvgIpc) is 3.44. The van der Waals surface area contributed by atoms with Crippen LogP contribution < -0.4 is 5.32 Å². The zero-order valence-corrected chi connectivity index (χ0v) is 18.4. The molecule has 2 aromatic carbocycles. The number of nitrogens with one attached hydrogen (secondary N) is 1. The molecule has 0 radical (unpaired) electrons. The zero-order valence-electron chi connectivity index (χ0n) is 16.8. The van der Waals surface area contributed by atoms with Crippen molar-refractivity contribution in [2.45, 2.75) is 25.0 Å². The van der Waals surface area contributed by atoms with E-state index in [-0.39, 0.29) is 17.7 Å². The number of thioether (sulfide) groups is 1. The van der Waals surface area contributed by atoms with E-state index in [2.05, 4.69) is 34.6 Å². The first-order valence-electron chi connectivity index (χ1n) is 9.65. The lowest BCUT2D eigenvalue weighted by Gasteiger charge is -2.13. The van der Waals surface area contributed by atoms with Crippen LogP contribution in [0.4, 0.5) is 0 Å². The number of hydrogen-bond acceptors (Lipinski definition) is 5.